The molecule has 0 aromatic heterocycles. The van der Waals surface area contributed by atoms with Crippen LogP contribution in [0.5, 0.6) is 0 Å². The topological polar surface area (TPSA) is 0 Å². The van der Waals surface area contributed by atoms with Gasteiger partial charge in [0.15, 0.2) is 0 Å². The third kappa shape index (κ3) is 3.49. The molecule has 1 aliphatic carbocycles. The van der Waals surface area contributed by atoms with Crippen LogP contribution in [0.15, 0.2) is 24.3 Å². The van der Waals surface area contributed by atoms with Gasteiger partial charge in [0.05, 0.1) is 0 Å². The number of hydrogen-bond donors (Lipinski definition) is 0. The molecule has 0 nitrogen and oxygen atoms in total. The molecule has 0 heterocycles. The van der Waals surface area contributed by atoms with Crippen molar-refractivity contribution in [2.24, 2.45) is 5.92 Å². The lowest BCUT2D eigenvalue weighted by Crippen LogP contribution is -2.15. The van der Waals surface area contributed by atoms with Crippen molar-refractivity contribution in [2.75, 3.05) is 0 Å². The monoisotopic (exact) mass is 300 g/mol. The Morgan fingerprint density at radius 2 is 2.00 bits per heavy atom. The number of hydrogen-bond acceptors (Lipinski definition) is 0. The lowest BCUT2D eigenvalue weighted by molar-refractivity contribution is 0.475. The summed E-state index contributed by atoms with van der Waals surface area (Å²) in [7, 11) is 0. The molecule has 2 rings (SSSR count). The zero-order valence-corrected chi connectivity index (χ0v) is 11.8. The Kier molecular flexibility index (Phi) is 4.72. The fourth-order valence-corrected chi connectivity index (χ4v) is 3.52. The molecule has 2 heteroatoms. The van der Waals surface area contributed by atoms with Crippen molar-refractivity contribution < 1.29 is 0 Å². The quantitative estimate of drug-likeness (QED) is 0.518. The standard InChI is InChI=1S/C14H18BrCl/c15-14-8-3-1-2-6-12(14)9-11-5-4-7-13(16)10-11/h4-5,7,10,12,14H,1-3,6,8-9H2. The van der Waals surface area contributed by atoms with Crippen molar-refractivity contribution in [1.82, 2.24) is 0 Å². The molecule has 0 amide bonds. The fraction of sp³-hybridized carbons (Fsp3) is 0.571. The van der Waals surface area contributed by atoms with E-state index >= 15 is 0 Å². The van der Waals surface area contributed by atoms with Crippen molar-refractivity contribution in [3.8, 4) is 0 Å². The van der Waals surface area contributed by atoms with Gasteiger partial charge in [0.1, 0.15) is 0 Å². The molecule has 1 aliphatic rings. The Labute approximate surface area is 112 Å². The molecule has 0 bridgehead atoms. The average Bonchev–Trinajstić information content (AvgIpc) is 2.45. The highest BCUT2D eigenvalue weighted by Gasteiger charge is 2.21. The SMILES string of the molecule is Clc1cccc(CC2CCCCCC2Br)c1. The van der Waals surface area contributed by atoms with Crippen LogP contribution in [0.4, 0.5) is 0 Å². The summed E-state index contributed by atoms with van der Waals surface area (Å²) in [6, 6.07) is 8.30. The van der Waals surface area contributed by atoms with Crippen LogP contribution in [0.2, 0.25) is 5.02 Å². The van der Waals surface area contributed by atoms with E-state index in [1.54, 1.807) is 0 Å². The first-order chi connectivity index (χ1) is 7.75. The minimum absolute atomic E-state index is 0.689. The van der Waals surface area contributed by atoms with Gasteiger partial charge < -0.3 is 0 Å². The first kappa shape index (κ1) is 12.4. The van der Waals surface area contributed by atoms with E-state index in [4.69, 9.17) is 11.6 Å². The van der Waals surface area contributed by atoms with Crippen LogP contribution >= 0.6 is 27.5 Å². The van der Waals surface area contributed by atoms with Crippen molar-refractivity contribution in [3.63, 3.8) is 0 Å². The number of rotatable bonds is 2. The maximum Gasteiger partial charge on any atom is 0.0408 e. The summed E-state index contributed by atoms with van der Waals surface area (Å²) in [5.74, 6) is 0.779. The van der Waals surface area contributed by atoms with Gasteiger partial charge in [0.25, 0.3) is 0 Å². The fourth-order valence-electron chi connectivity index (χ4n) is 2.54. The van der Waals surface area contributed by atoms with Crippen molar-refractivity contribution >= 4 is 27.5 Å². The van der Waals surface area contributed by atoms with Gasteiger partial charge in [-0.1, -0.05) is 58.9 Å². The summed E-state index contributed by atoms with van der Waals surface area (Å²) < 4.78 is 0. The Balaban J connectivity index is 2.02. The average molecular weight is 302 g/mol. The third-order valence-electron chi connectivity index (χ3n) is 3.45. The van der Waals surface area contributed by atoms with Gasteiger partial charge in [-0.2, -0.15) is 0 Å². The number of halogens is 2. The summed E-state index contributed by atoms with van der Waals surface area (Å²) >= 11 is 9.87. The lowest BCUT2D eigenvalue weighted by atomic mass is 9.92. The second kappa shape index (κ2) is 6.07. The van der Waals surface area contributed by atoms with Gasteiger partial charge >= 0.3 is 0 Å². The summed E-state index contributed by atoms with van der Waals surface area (Å²) in [6.07, 6.45) is 7.99. The number of benzene rings is 1. The van der Waals surface area contributed by atoms with Gasteiger partial charge in [0.2, 0.25) is 0 Å². The maximum absolute atomic E-state index is 6.02. The molecular weight excluding hydrogens is 284 g/mol. The van der Waals surface area contributed by atoms with Gasteiger partial charge in [-0.3, -0.25) is 0 Å². The van der Waals surface area contributed by atoms with Gasteiger partial charge in [-0.05, 0) is 42.9 Å². The predicted molar refractivity (Wildman–Crippen MR) is 74.4 cm³/mol. The van der Waals surface area contributed by atoms with Crippen molar-refractivity contribution in [3.05, 3.63) is 34.9 Å². The molecule has 1 aromatic rings. The first-order valence-corrected chi connectivity index (χ1v) is 7.43. The zero-order chi connectivity index (χ0) is 11.4. The molecule has 0 N–H and O–H groups in total. The minimum Gasteiger partial charge on any atom is -0.0888 e. The molecule has 2 atom stereocenters. The van der Waals surface area contributed by atoms with E-state index in [1.807, 2.05) is 6.07 Å². The van der Waals surface area contributed by atoms with E-state index in [0.29, 0.717) is 4.83 Å². The summed E-state index contributed by atoms with van der Waals surface area (Å²) in [5.41, 5.74) is 1.38. The molecule has 2 unspecified atom stereocenters. The Hall–Kier alpha value is -0.0100. The van der Waals surface area contributed by atoms with Crippen molar-refractivity contribution in [1.29, 1.82) is 0 Å². The van der Waals surface area contributed by atoms with Crippen LogP contribution in [0.25, 0.3) is 0 Å². The summed E-state index contributed by atoms with van der Waals surface area (Å²) in [5, 5.41) is 0.859. The smallest absolute Gasteiger partial charge is 0.0408 e. The third-order valence-corrected chi connectivity index (χ3v) is 4.89. The van der Waals surface area contributed by atoms with Gasteiger partial charge in [-0.15, -0.1) is 0 Å². The highest BCUT2D eigenvalue weighted by molar-refractivity contribution is 9.09. The Morgan fingerprint density at radius 3 is 2.81 bits per heavy atom. The second-order valence-corrected chi connectivity index (χ2v) is 6.36. The predicted octanol–water partition coefficient (Wildman–Crippen LogP) is 5.23. The zero-order valence-electron chi connectivity index (χ0n) is 9.46. The molecule has 0 aliphatic heterocycles. The molecule has 1 aromatic carbocycles. The largest absolute Gasteiger partial charge is 0.0888 e. The normalized spacial score (nSPS) is 26.4. The minimum atomic E-state index is 0.689. The molecule has 88 valence electrons. The van der Waals surface area contributed by atoms with Crippen LogP contribution in [0.1, 0.15) is 37.7 Å². The maximum atomic E-state index is 6.02. The van der Waals surface area contributed by atoms with E-state index in [0.717, 1.165) is 17.4 Å². The summed E-state index contributed by atoms with van der Waals surface area (Å²) in [6.45, 7) is 0. The van der Waals surface area contributed by atoms with E-state index in [-0.39, 0.29) is 0 Å². The summed E-state index contributed by atoms with van der Waals surface area (Å²) in [4.78, 5) is 0.689. The van der Waals surface area contributed by atoms with Crippen LogP contribution in [0, 0.1) is 5.92 Å². The molecule has 0 saturated heterocycles. The number of alkyl halides is 1. The molecule has 0 radical (unpaired) electrons. The molecular formula is C14H18BrCl. The lowest BCUT2D eigenvalue weighted by Gasteiger charge is -2.19. The van der Waals surface area contributed by atoms with E-state index in [9.17, 15) is 0 Å². The molecule has 0 spiro atoms. The van der Waals surface area contributed by atoms with Crippen LogP contribution in [-0.4, -0.2) is 4.83 Å². The van der Waals surface area contributed by atoms with Crippen molar-refractivity contribution in [2.45, 2.75) is 43.4 Å². The molecule has 1 fully saturated rings. The Morgan fingerprint density at radius 1 is 1.19 bits per heavy atom. The highest BCUT2D eigenvalue weighted by atomic mass is 79.9. The van der Waals surface area contributed by atoms with Gasteiger partial charge in [-0.25, -0.2) is 0 Å². The van der Waals surface area contributed by atoms with E-state index in [2.05, 4.69) is 34.1 Å². The molecule has 16 heavy (non-hydrogen) atoms. The van der Waals surface area contributed by atoms with Crippen LogP contribution < -0.4 is 0 Å². The van der Waals surface area contributed by atoms with E-state index in [1.165, 1.54) is 37.7 Å². The second-order valence-electron chi connectivity index (χ2n) is 4.75. The Bertz CT molecular complexity index is 337. The van der Waals surface area contributed by atoms with Crippen LogP contribution in [-0.2, 0) is 6.42 Å². The first-order valence-electron chi connectivity index (χ1n) is 6.14. The molecule has 1 saturated carbocycles. The van der Waals surface area contributed by atoms with Crippen LogP contribution in [0.3, 0.4) is 0 Å². The van der Waals surface area contributed by atoms with E-state index < -0.39 is 0 Å². The highest BCUT2D eigenvalue weighted by Crippen LogP contribution is 2.31. The van der Waals surface area contributed by atoms with Gasteiger partial charge in [0, 0.05) is 9.85 Å².